The summed E-state index contributed by atoms with van der Waals surface area (Å²) in [6.45, 7) is 8.41. The molecule has 1 aliphatic carbocycles. The van der Waals surface area contributed by atoms with Gasteiger partial charge in [-0.25, -0.2) is 4.98 Å². The minimum atomic E-state index is 0. The molecule has 2 unspecified atom stereocenters. The zero-order valence-electron chi connectivity index (χ0n) is 14.0. The number of aromatic nitrogens is 1. The lowest BCUT2D eigenvalue weighted by Crippen LogP contribution is -2.39. The molecule has 1 saturated carbocycles. The smallest absolute Gasteiger partial charge is 0.191 e. The molecule has 1 saturated heterocycles. The van der Waals surface area contributed by atoms with Gasteiger partial charge < -0.3 is 15.5 Å². The monoisotopic (exact) mass is 449 g/mol. The van der Waals surface area contributed by atoms with Gasteiger partial charge in [-0.15, -0.1) is 35.3 Å². The molecule has 2 aliphatic rings. The van der Waals surface area contributed by atoms with E-state index in [1.54, 1.807) is 11.3 Å². The first kappa shape index (κ1) is 18.8. The fraction of sp³-hybridized carbons (Fsp3) is 0.750. The summed E-state index contributed by atoms with van der Waals surface area (Å²) in [5.41, 5.74) is 1.17. The lowest BCUT2D eigenvalue weighted by atomic mass is 10.3. The number of anilines is 1. The van der Waals surface area contributed by atoms with Gasteiger partial charge in [-0.2, -0.15) is 0 Å². The predicted molar refractivity (Wildman–Crippen MR) is 109 cm³/mol. The van der Waals surface area contributed by atoms with Crippen molar-refractivity contribution >= 4 is 46.4 Å². The van der Waals surface area contributed by atoms with Gasteiger partial charge in [0.2, 0.25) is 0 Å². The SMILES string of the molecule is CCNC(=NCCc1csc(N2CCCC2)n1)NC1CC1C.I. The maximum Gasteiger partial charge on any atom is 0.191 e. The van der Waals surface area contributed by atoms with Gasteiger partial charge in [0.1, 0.15) is 0 Å². The highest BCUT2D eigenvalue weighted by atomic mass is 127. The van der Waals surface area contributed by atoms with E-state index in [4.69, 9.17) is 4.98 Å². The molecule has 5 nitrogen and oxygen atoms in total. The van der Waals surface area contributed by atoms with Crippen LogP contribution in [0.15, 0.2) is 10.4 Å². The highest BCUT2D eigenvalue weighted by Crippen LogP contribution is 2.28. The first-order valence-electron chi connectivity index (χ1n) is 8.50. The van der Waals surface area contributed by atoms with Crippen LogP contribution in [0.4, 0.5) is 5.13 Å². The Balaban J connectivity index is 0.00000192. The van der Waals surface area contributed by atoms with Crippen molar-refractivity contribution in [2.75, 3.05) is 31.1 Å². The van der Waals surface area contributed by atoms with Crippen molar-refractivity contribution < 1.29 is 0 Å². The molecule has 0 aromatic carbocycles. The predicted octanol–water partition coefficient (Wildman–Crippen LogP) is 2.87. The molecule has 3 rings (SSSR count). The van der Waals surface area contributed by atoms with Crippen molar-refractivity contribution in [3.63, 3.8) is 0 Å². The molecule has 0 spiro atoms. The maximum atomic E-state index is 4.75. The first-order chi connectivity index (χ1) is 10.8. The van der Waals surface area contributed by atoms with E-state index in [0.717, 1.165) is 31.4 Å². The molecule has 2 fully saturated rings. The van der Waals surface area contributed by atoms with Crippen molar-refractivity contribution in [2.24, 2.45) is 10.9 Å². The molecule has 0 bridgehead atoms. The third-order valence-corrected chi connectivity index (χ3v) is 5.28. The fourth-order valence-electron chi connectivity index (χ4n) is 2.77. The van der Waals surface area contributed by atoms with Gasteiger partial charge >= 0.3 is 0 Å². The van der Waals surface area contributed by atoms with Crippen LogP contribution in [0, 0.1) is 5.92 Å². The van der Waals surface area contributed by atoms with E-state index in [1.165, 1.54) is 43.2 Å². The van der Waals surface area contributed by atoms with Crippen LogP contribution in [0.3, 0.4) is 0 Å². The Morgan fingerprint density at radius 1 is 1.43 bits per heavy atom. The van der Waals surface area contributed by atoms with Gasteiger partial charge in [0.25, 0.3) is 0 Å². The average molecular weight is 449 g/mol. The molecule has 130 valence electrons. The number of thiazole rings is 1. The number of hydrogen-bond donors (Lipinski definition) is 2. The van der Waals surface area contributed by atoms with Gasteiger partial charge in [0.15, 0.2) is 11.1 Å². The lowest BCUT2D eigenvalue weighted by molar-refractivity contribution is 0.764. The second kappa shape index (κ2) is 9.05. The van der Waals surface area contributed by atoms with E-state index in [-0.39, 0.29) is 24.0 Å². The summed E-state index contributed by atoms with van der Waals surface area (Å²) in [6, 6.07) is 0.610. The second-order valence-corrected chi connectivity index (χ2v) is 7.13. The summed E-state index contributed by atoms with van der Waals surface area (Å²) in [7, 11) is 0. The third kappa shape index (κ3) is 5.48. The molecule has 7 heteroatoms. The molecule has 23 heavy (non-hydrogen) atoms. The summed E-state index contributed by atoms with van der Waals surface area (Å²) in [5, 5.41) is 10.2. The van der Waals surface area contributed by atoms with Crippen molar-refractivity contribution in [2.45, 2.75) is 45.6 Å². The molecule has 2 N–H and O–H groups in total. The number of nitrogens with zero attached hydrogens (tertiary/aromatic N) is 3. The van der Waals surface area contributed by atoms with Crippen molar-refractivity contribution in [1.82, 2.24) is 15.6 Å². The molecular weight excluding hydrogens is 421 g/mol. The largest absolute Gasteiger partial charge is 0.357 e. The molecule has 2 heterocycles. The van der Waals surface area contributed by atoms with Crippen LogP contribution in [0.5, 0.6) is 0 Å². The Kier molecular flexibility index (Phi) is 7.39. The number of halogens is 1. The number of guanidine groups is 1. The highest BCUT2D eigenvalue weighted by molar-refractivity contribution is 14.0. The topological polar surface area (TPSA) is 52.6 Å². The number of rotatable bonds is 6. The number of hydrogen-bond acceptors (Lipinski definition) is 4. The minimum Gasteiger partial charge on any atom is -0.357 e. The normalized spacial score (nSPS) is 23.6. The Hall–Kier alpha value is -0.570. The number of aliphatic imine (C=N–C) groups is 1. The number of nitrogens with one attached hydrogen (secondary N) is 2. The zero-order chi connectivity index (χ0) is 15.4. The van der Waals surface area contributed by atoms with E-state index < -0.39 is 0 Å². The summed E-state index contributed by atoms with van der Waals surface area (Å²) < 4.78 is 0. The Bertz CT molecular complexity index is 512. The molecule has 1 aromatic rings. The zero-order valence-corrected chi connectivity index (χ0v) is 17.2. The molecule has 0 amide bonds. The van der Waals surface area contributed by atoms with Crippen molar-refractivity contribution in [3.8, 4) is 0 Å². The van der Waals surface area contributed by atoms with Gasteiger partial charge in [0, 0.05) is 44.0 Å². The van der Waals surface area contributed by atoms with Crippen LogP contribution in [-0.4, -0.2) is 43.2 Å². The van der Waals surface area contributed by atoms with E-state index in [1.807, 2.05) is 0 Å². The third-order valence-electron chi connectivity index (χ3n) is 4.33. The summed E-state index contributed by atoms with van der Waals surface area (Å²) in [4.78, 5) is 11.8. The van der Waals surface area contributed by atoms with E-state index in [0.29, 0.717) is 6.04 Å². The van der Waals surface area contributed by atoms with E-state index in [2.05, 4.69) is 39.8 Å². The molecule has 2 atom stereocenters. The van der Waals surface area contributed by atoms with Crippen LogP contribution in [-0.2, 0) is 6.42 Å². The lowest BCUT2D eigenvalue weighted by Gasteiger charge is -2.12. The van der Waals surface area contributed by atoms with Crippen LogP contribution in [0.25, 0.3) is 0 Å². The van der Waals surface area contributed by atoms with Gasteiger partial charge in [0.05, 0.1) is 5.69 Å². The fourth-order valence-corrected chi connectivity index (χ4v) is 3.68. The Labute approximate surface area is 160 Å². The van der Waals surface area contributed by atoms with Crippen molar-refractivity contribution in [3.05, 3.63) is 11.1 Å². The summed E-state index contributed by atoms with van der Waals surface area (Å²) in [5.74, 6) is 1.73. The van der Waals surface area contributed by atoms with Gasteiger partial charge in [-0.05, 0) is 32.1 Å². The molecule has 0 radical (unpaired) electrons. The Morgan fingerprint density at radius 2 is 2.17 bits per heavy atom. The van der Waals surface area contributed by atoms with Gasteiger partial charge in [-0.3, -0.25) is 4.99 Å². The van der Waals surface area contributed by atoms with Crippen LogP contribution >= 0.6 is 35.3 Å². The van der Waals surface area contributed by atoms with Gasteiger partial charge in [-0.1, -0.05) is 6.92 Å². The van der Waals surface area contributed by atoms with E-state index in [9.17, 15) is 0 Å². The highest BCUT2D eigenvalue weighted by Gasteiger charge is 2.33. The van der Waals surface area contributed by atoms with Crippen LogP contribution in [0.1, 0.15) is 38.8 Å². The summed E-state index contributed by atoms with van der Waals surface area (Å²) >= 11 is 1.77. The standard InChI is InChI=1S/C16H27N5S.HI/c1-3-17-15(20-14-10-12(14)2)18-7-6-13-11-22-16(19-13)21-8-4-5-9-21;/h11-12,14H,3-10H2,1-2H3,(H2,17,18,20);1H. The minimum absolute atomic E-state index is 0. The summed E-state index contributed by atoms with van der Waals surface area (Å²) in [6.07, 6.45) is 4.78. The van der Waals surface area contributed by atoms with Crippen LogP contribution < -0.4 is 15.5 Å². The van der Waals surface area contributed by atoms with Crippen molar-refractivity contribution in [1.29, 1.82) is 0 Å². The second-order valence-electron chi connectivity index (χ2n) is 6.29. The Morgan fingerprint density at radius 3 is 2.83 bits per heavy atom. The molecule has 1 aliphatic heterocycles. The van der Waals surface area contributed by atoms with Crippen LogP contribution in [0.2, 0.25) is 0 Å². The first-order valence-corrected chi connectivity index (χ1v) is 9.38. The molecular formula is C16H28IN5S. The van der Waals surface area contributed by atoms with E-state index >= 15 is 0 Å². The maximum absolute atomic E-state index is 4.75. The molecule has 1 aromatic heterocycles. The quantitative estimate of drug-likeness (QED) is 0.399. The average Bonchev–Trinajstić information content (AvgIpc) is 2.94.